The Morgan fingerprint density at radius 2 is 1.68 bits per heavy atom. The minimum absolute atomic E-state index is 0.190. The molecule has 1 aromatic heterocycles. The Balaban J connectivity index is 1.46. The quantitative estimate of drug-likeness (QED) is 0.597. The Morgan fingerprint density at radius 1 is 0.968 bits per heavy atom. The third-order valence-corrected chi connectivity index (χ3v) is 6.32. The number of aromatic nitrogens is 1. The van der Waals surface area contributed by atoms with E-state index in [0.29, 0.717) is 6.54 Å². The molecule has 1 atom stereocenters. The van der Waals surface area contributed by atoms with Crippen molar-refractivity contribution in [2.45, 2.75) is 26.2 Å². The number of hydrogen-bond acceptors (Lipinski definition) is 3. The van der Waals surface area contributed by atoms with Gasteiger partial charge in [0.25, 0.3) is 0 Å². The molecular formula is C27H31N3O. The fraction of sp³-hybridized carbons (Fsp3) is 0.333. The molecule has 1 saturated heterocycles. The number of nitrogens with one attached hydrogen (secondary N) is 1. The molecule has 4 nitrogen and oxygen atoms in total. The van der Waals surface area contributed by atoms with Gasteiger partial charge in [-0.15, -0.1) is 0 Å². The van der Waals surface area contributed by atoms with Gasteiger partial charge in [-0.05, 0) is 67.1 Å². The molecule has 3 aromatic rings. The SMILES string of the molecule is CCNC(=O)C1(Cc2ccc(-c3ccncc3)cc2)CCN(CCc2ccccc2)C1. The van der Waals surface area contributed by atoms with Crippen LogP contribution in [0, 0.1) is 5.41 Å². The smallest absolute Gasteiger partial charge is 0.227 e. The molecule has 1 aliphatic heterocycles. The van der Waals surface area contributed by atoms with Crippen molar-refractivity contribution in [3.05, 3.63) is 90.3 Å². The first-order valence-electron chi connectivity index (χ1n) is 11.2. The topological polar surface area (TPSA) is 45.2 Å². The van der Waals surface area contributed by atoms with Gasteiger partial charge >= 0.3 is 0 Å². The lowest BCUT2D eigenvalue weighted by Crippen LogP contribution is -2.44. The molecule has 160 valence electrons. The van der Waals surface area contributed by atoms with Crippen LogP contribution in [0.1, 0.15) is 24.5 Å². The van der Waals surface area contributed by atoms with E-state index in [1.54, 1.807) is 0 Å². The molecule has 0 aliphatic carbocycles. The van der Waals surface area contributed by atoms with Crippen LogP contribution < -0.4 is 5.32 Å². The molecule has 1 fully saturated rings. The lowest BCUT2D eigenvalue weighted by molar-refractivity contribution is -0.130. The second kappa shape index (κ2) is 9.88. The normalized spacial score (nSPS) is 18.7. The van der Waals surface area contributed by atoms with Crippen molar-refractivity contribution >= 4 is 5.91 Å². The minimum Gasteiger partial charge on any atom is -0.356 e. The monoisotopic (exact) mass is 413 g/mol. The zero-order chi connectivity index (χ0) is 21.5. The number of carbonyl (C=O) groups is 1. The van der Waals surface area contributed by atoms with E-state index in [2.05, 4.69) is 69.8 Å². The lowest BCUT2D eigenvalue weighted by atomic mass is 9.79. The van der Waals surface area contributed by atoms with E-state index in [9.17, 15) is 4.79 Å². The van der Waals surface area contributed by atoms with Gasteiger partial charge in [0.05, 0.1) is 5.41 Å². The van der Waals surface area contributed by atoms with E-state index in [4.69, 9.17) is 0 Å². The zero-order valence-electron chi connectivity index (χ0n) is 18.3. The van der Waals surface area contributed by atoms with Gasteiger partial charge in [-0.1, -0.05) is 54.6 Å². The highest BCUT2D eigenvalue weighted by Gasteiger charge is 2.44. The van der Waals surface area contributed by atoms with Crippen LogP contribution in [-0.4, -0.2) is 42.0 Å². The number of rotatable bonds is 8. The highest BCUT2D eigenvalue weighted by molar-refractivity contribution is 5.83. The van der Waals surface area contributed by atoms with Gasteiger partial charge in [0.15, 0.2) is 0 Å². The molecule has 31 heavy (non-hydrogen) atoms. The fourth-order valence-electron chi connectivity index (χ4n) is 4.59. The third kappa shape index (κ3) is 5.20. The van der Waals surface area contributed by atoms with Crippen LogP contribution in [0.3, 0.4) is 0 Å². The summed E-state index contributed by atoms with van der Waals surface area (Å²) in [5, 5.41) is 3.11. The van der Waals surface area contributed by atoms with Gasteiger partial charge in [-0.25, -0.2) is 0 Å². The van der Waals surface area contributed by atoms with Crippen LogP contribution in [0.5, 0.6) is 0 Å². The predicted molar refractivity (Wildman–Crippen MR) is 126 cm³/mol. The largest absolute Gasteiger partial charge is 0.356 e. The number of carbonyl (C=O) groups excluding carboxylic acids is 1. The van der Waals surface area contributed by atoms with Gasteiger partial charge < -0.3 is 10.2 Å². The average Bonchev–Trinajstić information content (AvgIpc) is 3.24. The number of likely N-dealkylation sites (tertiary alicyclic amines) is 1. The first-order chi connectivity index (χ1) is 15.2. The zero-order valence-corrected chi connectivity index (χ0v) is 18.3. The maximum Gasteiger partial charge on any atom is 0.227 e. The van der Waals surface area contributed by atoms with Gasteiger partial charge in [0.1, 0.15) is 0 Å². The van der Waals surface area contributed by atoms with Crippen molar-refractivity contribution in [2.24, 2.45) is 5.41 Å². The summed E-state index contributed by atoms with van der Waals surface area (Å²) < 4.78 is 0. The Bertz CT molecular complexity index is 972. The fourth-order valence-corrected chi connectivity index (χ4v) is 4.59. The molecule has 1 amide bonds. The van der Waals surface area contributed by atoms with Crippen molar-refractivity contribution < 1.29 is 4.79 Å². The molecule has 4 rings (SSSR count). The van der Waals surface area contributed by atoms with E-state index in [0.717, 1.165) is 44.5 Å². The van der Waals surface area contributed by atoms with E-state index in [1.807, 2.05) is 31.5 Å². The van der Waals surface area contributed by atoms with Crippen LogP contribution in [0.4, 0.5) is 0 Å². The molecular weight excluding hydrogens is 382 g/mol. The van der Waals surface area contributed by atoms with Crippen molar-refractivity contribution in [1.29, 1.82) is 0 Å². The van der Waals surface area contributed by atoms with Crippen LogP contribution in [0.2, 0.25) is 0 Å². The van der Waals surface area contributed by atoms with Crippen LogP contribution in [0.25, 0.3) is 11.1 Å². The first-order valence-corrected chi connectivity index (χ1v) is 11.2. The average molecular weight is 414 g/mol. The molecule has 1 aliphatic rings. The molecule has 0 spiro atoms. The summed E-state index contributed by atoms with van der Waals surface area (Å²) in [6, 6.07) is 23.3. The van der Waals surface area contributed by atoms with Gasteiger partial charge in [0, 0.05) is 32.0 Å². The summed E-state index contributed by atoms with van der Waals surface area (Å²) in [6.45, 7) is 5.45. The van der Waals surface area contributed by atoms with E-state index >= 15 is 0 Å². The standard InChI is InChI=1S/C27H31N3O/c1-2-29-26(31)27(15-19-30(21-27)18-14-22-6-4-3-5-7-22)20-23-8-10-24(11-9-23)25-12-16-28-17-13-25/h3-13,16-17H,2,14-15,18-21H2,1H3,(H,29,31). The van der Waals surface area contributed by atoms with Gasteiger partial charge in [0.2, 0.25) is 5.91 Å². The molecule has 1 N–H and O–H groups in total. The summed E-state index contributed by atoms with van der Waals surface area (Å²) in [5.41, 5.74) is 4.55. The Hall–Kier alpha value is -2.98. The molecule has 4 heteroatoms. The number of amides is 1. The number of nitrogens with zero attached hydrogens (tertiary/aromatic N) is 2. The highest BCUT2D eigenvalue weighted by atomic mass is 16.2. The summed E-state index contributed by atoms with van der Waals surface area (Å²) in [4.78, 5) is 19.7. The molecule has 0 radical (unpaired) electrons. The Labute approximate surface area is 185 Å². The lowest BCUT2D eigenvalue weighted by Gasteiger charge is -2.28. The van der Waals surface area contributed by atoms with Crippen LogP contribution in [0.15, 0.2) is 79.1 Å². The summed E-state index contributed by atoms with van der Waals surface area (Å²) in [6.07, 6.45) is 6.33. The maximum atomic E-state index is 13.1. The van der Waals surface area contributed by atoms with Crippen molar-refractivity contribution in [2.75, 3.05) is 26.2 Å². The van der Waals surface area contributed by atoms with Crippen molar-refractivity contribution in [3.63, 3.8) is 0 Å². The molecule has 2 aromatic carbocycles. The van der Waals surface area contributed by atoms with Crippen LogP contribution in [-0.2, 0) is 17.6 Å². The number of benzene rings is 2. The molecule has 0 saturated carbocycles. The third-order valence-electron chi connectivity index (χ3n) is 6.32. The first kappa shape index (κ1) is 21.3. The molecule has 2 heterocycles. The van der Waals surface area contributed by atoms with Gasteiger partial charge in [-0.3, -0.25) is 9.78 Å². The molecule has 0 bridgehead atoms. The van der Waals surface area contributed by atoms with E-state index in [1.165, 1.54) is 16.7 Å². The molecule has 1 unspecified atom stereocenters. The van der Waals surface area contributed by atoms with Gasteiger partial charge in [-0.2, -0.15) is 0 Å². The summed E-state index contributed by atoms with van der Waals surface area (Å²) >= 11 is 0. The summed E-state index contributed by atoms with van der Waals surface area (Å²) in [5.74, 6) is 0.190. The summed E-state index contributed by atoms with van der Waals surface area (Å²) in [7, 11) is 0. The Morgan fingerprint density at radius 3 is 2.39 bits per heavy atom. The van der Waals surface area contributed by atoms with E-state index in [-0.39, 0.29) is 11.3 Å². The van der Waals surface area contributed by atoms with E-state index < -0.39 is 0 Å². The maximum absolute atomic E-state index is 13.1. The minimum atomic E-state index is -0.356. The predicted octanol–water partition coefficient (Wildman–Crippen LogP) is 4.36. The second-order valence-electron chi connectivity index (χ2n) is 8.51. The van der Waals surface area contributed by atoms with Crippen LogP contribution >= 0.6 is 0 Å². The van der Waals surface area contributed by atoms with Crippen molar-refractivity contribution in [3.8, 4) is 11.1 Å². The van der Waals surface area contributed by atoms with Crippen molar-refractivity contribution in [1.82, 2.24) is 15.2 Å². The second-order valence-corrected chi connectivity index (χ2v) is 8.51. The highest BCUT2D eigenvalue weighted by Crippen LogP contribution is 2.35. The number of hydrogen-bond donors (Lipinski definition) is 1. The Kier molecular flexibility index (Phi) is 6.78. The number of pyridine rings is 1.